The van der Waals surface area contributed by atoms with Gasteiger partial charge in [0.05, 0.1) is 12.1 Å². The molecule has 0 unspecified atom stereocenters. The SMILES string of the molecule is C[C@@H]1[C@@H](N=C(N)N)C=C(C(=O)O)O[C@H]1C[C@H](O)CNC(=O)C1CC1. The Hall–Kier alpha value is -2.29. The van der Waals surface area contributed by atoms with Crippen molar-refractivity contribution < 1.29 is 24.5 Å². The number of amides is 1. The van der Waals surface area contributed by atoms with Crippen LogP contribution in [-0.2, 0) is 14.3 Å². The quantitative estimate of drug-likeness (QED) is 0.290. The number of carboxylic acid groups (broad SMARTS) is 1. The lowest BCUT2D eigenvalue weighted by Crippen LogP contribution is -2.42. The fraction of sp³-hybridized carbons (Fsp3) is 0.667. The summed E-state index contributed by atoms with van der Waals surface area (Å²) in [7, 11) is 0. The number of ether oxygens (including phenoxy) is 1. The molecule has 0 saturated heterocycles. The number of aliphatic carboxylic acids is 1. The lowest BCUT2D eigenvalue weighted by atomic mass is 9.89. The Morgan fingerprint density at radius 3 is 2.67 bits per heavy atom. The molecule has 0 bridgehead atoms. The first-order valence-electron chi connectivity index (χ1n) is 7.94. The van der Waals surface area contributed by atoms with E-state index in [9.17, 15) is 14.7 Å². The Morgan fingerprint density at radius 1 is 1.46 bits per heavy atom. The van der Waals surface area contributed by atoms with Gasteiger partial charge >= 0.3 is 5.97 Å². The second-order valence-corrected chi connectivity index (χ2v) is 6.30. The molecule has 1 heterocycles. The summed E-state index contributed by atoms with van der Waals surface area (Å²) in [6.45, 7) is 1.91. The molecule has 1 saturated carbocycles. The highest BCUT2D eigenvalue weighted by Crippen LogP contribution is 2.30. The highest BCUT2D eigenvalue weighted by molar-refractivity contribution is 5.85. The summed E-state index contributed by atoms with van der Waals surface area (Å²) >= 11 is 0. The van der Waals surface area contributed by atoms with E-state index in [1.807, 2.05) is 6.92 Å². The average Bonchev–Trinajstić information content (AvgIpc) is 3.32. The van der Waals surface area contributed by atoms with Crippen LogP contribution in [0.25, 0.3) is 0 Å². The van der Waals surface area contributed by atoms with Crippen molar-refractivity contribution in [2.24, 2.45) is 28.3 Å². The summed E-state index contributed by atoms with van der Waals surface area (Å²) in [6.07, 6.45) is 1.85. The molecule has 2 aliphatic rings. The lowest BCUT2D eigenvalue weighted by Gasteiger charge is -2.33. The zero-order valence-electron chi connectivity index (χ0n) is 13.5. The van der Waals surface area contributed by atoms with Crippen LogP contribution < -0.4 is 16.8 Å². The van der Waals surface area contributed by atoms with E-state index in [-0.39, 0.29) is 42.4 Å². The van der Waals surface area contributed by atoms with E-state index in [0.717, 1.165) is 12.8 Å². The highest BCUT2D eigenvalue weighted by Gasteiger charge is 2.35. The van der Waals surface area contributed by atoms with Crippen LogP contribution in [-0.4, -0.2) is 52.8 Å². The molecule has 134 valence electrons. The smallest absolute Gasteiger partial charge is 0.370 e. The first-order chi connectivity index (χ1) is 11.3. The van der Waals surface area contributed by atoms with E-state index in [4.69, 9.17) is 21.3 Å². The molecule has 9 nitrogen and oxygen atoms in total. The lowest BCUT2D eigenvalue weighted by molar-refractivity contribution is -0.139. The normalized spacial score (nSPS) is 27.4. The van der Waals surface area contributed by atoms with Crippen LogP contribution in [0.2, 0.25) is 0 Å². The first-order valence-corrected chi connectivity index (χ1v) is 7.94. The van der Waals surface area contributed by atoms with Gasteiger partial charge < -0.3 is 31.7 Å². The fourth-order valence-electron chi connectivity index (χ4n) is 2.61. The largest absolute Gasteiger partial charge is 0.483 e. The summed E-state index contributed by atoms with van der Waals surface area (Å²) in [5.41, 5.74) is 10.8. The van der Waals surface area contributed by atoms with Gasteiger partial charge in [-0.1, -0.05) is 6.92 Å². The second-order valence-electron chi connectivity index (χ2n) is 6.30. The maximum atomic E-state index is 11.6. The van der Waals surface area contributed by atoms with Crippen molar-refractivity contribution in [3.63, 3.8) is 0 Å². The van der Waals surface area contributed by atoms with Crippen LogP contribution in [0.1, 0.15) is 26.2 Å². The number of hydrogen-bond donors (Lipinski definition) is 5. The summed E-state index contributed by atoms with van der Waals surface area (Å²) in [5, 5.41) is 21.9. The number of carbonyl (C=O) groups is 2. The molecule has 2 rings (SSSR count). The van der Waals surface area contributed by atoms with E-state index in [0.29, 0.717) is 0 Å². The number of carbonyl (C=O) groups excluding carboxylic acids is 1. The molecule has 7 N–H and O–H groups in total. The summed E-state index contributed by atoms with van der Waals surface area (Å²) < 4.78 is 5.45. The minimum atomic E-state index is -1.22. The van der Waals surface area contributed by atoms with Gasteiger partial charge in [-0.15, -0.1) is 0 Å². The number of carboxylic acids is 1. The van der Waals surface area contributed by atoms with Crippen LogP contribution >= 0.6 is 0 Å². The summed E-state index contributed by atoms with van der Waals surface area (Å²) in [4.78, 5) is 26.8. The van der Waals surface area contributed by atoms with E-state index < -0.39 is 24.2 Å². The molecule has 0 aromatic rings. The van der Waals surface area contributed by atoms with Crippen molar-refractivity contribution in [1.82, 2.24) is 5.32 Å². The third kappa shape index (κ3) is 4.85. The van der Waals surface area contributed by atoms with E-state index >= 15 is 0 Å². The van der Waals surface area contributed by atoms with Gasteiger partial charge in [-0.25, -0.2) is 9.79 Å². The van der Waals surface area contributed by atoms with Crippen molar-refractivity contribution in [1.29, 1.82) is 0 Å². The molecule has 1 amide bonds. The van der Waals surface area contributed by atoms with Gasteiger partial charge in [-0.05, 0) is 18.9 Å². The van der Waals surface area contributed by atoms with Gasteiger partial charge in [0.25, 0.3) is 0 Å². The predicted octanol–water partition coefficient (Wildman–Crippen LogP) is -1.09. The molecule has 9 heteroatoms. The molecule has 0 aromatic heterocycles. The number of aliphatic imine (C=N–C) groups is 1. The van der Waals surface area contributed by atoms with Gasteiger partial charge in [0.2, 0.25) is 11.7 Å². The summed E-state index contributed by atoms with van der Waals surface area (Å²) in [5.74, 6) is -1.85. The zero-order valence-corrected chi connectivity index (χ0v) is 13.5. The number of guanidine groups is 1. The number of nitrogens with zero attached hydrogens (tertiary/aromatic N) is 1. The maximum Gasteiger partial charge on any atom is 0.370 e. The van der Waals surface area contributed by atoms with Gasteiger partial charge in [0, 0.05) is 24.8 Å². The van der Waals surface area contributed by atoms with Gasteiger partial charge in [0.15, 0.2) is 5.96 Å². The average molecular weight is 340 g/mol. The van der Waals surface area contributed by atoms with E-state index in [1.54, 1.807) is 0 Å². The molecule has 24 heavy (non-hydrogen) atoms. The molecular formula is C15H24N4O5. The molecule has 1 aliphatic carbocycles. The Morgan fingerprint density at radius 2 is 2.12 bits per heavy atom. The Balaban J connectivity index is 1.97. The van der Waals surface area contributed by atoms with Crippen LogP contribution in [0.15, 0.2) is 16.8 Å². The van der Waals surface area contributed by atoms with Gasteiger partial charge in [-0.2, -0.15) is 0 Å². The van der Waals surface area contributed by atoms with Crippen LogP contribution in [0.3, 0.4) is 0 Å². The van der Waals surface area contributed by atoms with Crippen molar-refractivity contribution >= 4 is 17.8 Å². The first kappa shape index (κ1) is 18.1. The second kappa shape index (κ2) is 7.52. The number of hydrogen-bond acceptors (Lipinski definition) is 5. The zero-order chi connectivity index (χ0) is 17.9. The number of rotatable bonds is 7. The third-order valence-corrected chi connectivity index (χ3v) is 4.20. The molecule has 0 spiro atoms. The number of aliphatic hydroxyl groups is 1. The van der Waals surface area contributed by atoms with Crippen molar-refractivity contribution in [3.05, 3.63) is 11.8 Å². The Kier molecular flexibility index (Phi) is 5.66. The molecule has 1 aliphatic heterocycles. The van der Waals surface area contributed by atoms with Crippen molar-refractivity contribution in [3.8, 4) is 0 Å². The standard InChI is InChI=1S/C15H24N4O5/c1-7-10(19-15(16)17)5-12(14(22)23)24-11(7)4-9(20)6-18-13(21)8-2-3-8/h5,7-11,20H,2-4,6H2,1H3,(H,18,21)(H,22,23)(H4,16,17,19)/t7-,9+,10+,11+/m1/s1. The number of aliphatic hydroxyl groups excluding tert-OH is 1. The maximum absolute atomic E-state index is 11.6. The predicted molar refractivity (Wildman–Crippen MR) is 85.7 cm³/mol. The monoisotopic (exact) mass is 340 g/mol. The topological polar surface area (TPSA) is 160 Å². The Labute approximate surface area is 139 Å². The molecule has 1 fully saturated rings. The minimum absolute atomic E-state index is 0.0591. The summed E-state index contributed by atoms with van der Waals surface area (Å²) in [6, 6.07) is -0.548. The van der Waals surface area contributed by atoms with Crippen LogP contribution in [0, 0.1) is 11.8 Å². The van der Waals surface area contributed by atoms with Crippen molar-refractivity contribution in [2.45, 2.75) is 44.4 Å². The third-order valence-electron chi connectivity index (χ3n) is 4.20. The minimum Gasteiger partial charge on any atom is -0.483 e. The van der Waals surface area contributed by atoms with Gasteiger partial charge in [-0.3, -0.25) is 4.79 Å². The highest BCUT2D eigenvalue weighted by atomic mass is 16.5. The molecule has 0 aromatic carbocycles. The van der Waals surface area contributed by atoms with Crippen molar-refractivity contribution in [2.75, 3.05) is 6.54 Å². The Bertz CT molecular complexity index is 554. The van der Waals surface area contributed by atoms with Crippen LogP contribution in [0.5, 0.6) is 0 Å². The molecular weight excluding hydrogens is 316 g/mol. The van der Waals surface area contributed by atoms with E-state index in [1.165, 1.54) is 6.08 Å². The number of nitrogens with two attached hydrogens (primary N) is 2. The van der Waals surface area contributed by atoms with E-state index in [2.05, 4.69) is 10.3 Å². The van der Waals surface area contributed by atoms with Crippen LogP contribution in [0.4, 0.5) is 0 Å². The number of nitrogens with one attached hydrogen (secondary N) is 1. The molecule has 4 atom stereocenters. The fourth-order valence-corrected chi connectivity index (χ4v) is 2.61. The molecule has 0 radical (unpaired) electrons. The van der Waals surface area contributed by atoms with Gasteiger partial charge in [0.1, 0.15) is 6.10 Å².